The predicted octanol–water partition coefficient (Wildman–Crippen LogP) is 4.62. The van der Waals surface area contributed by atoms with Gasteiger partial charge in [-0.2, -0.15) is 0 Å². The molecule has 0 aliphatic carbocycles. The van der Waals surface area contributed by atoms with Crippen LogP contribution in [0, 0.1) is 5.82 Å². The molecule has 2 N–H and O–H groups in total. The molecule has 110 valence electrons. The molecule has 1 aromatic carbocycles. The molecular weight excluding hydrogens is 263 g/mol. The van der Waals surface area contributed by atoms with Crippen molar-refractivity contribution >= 4 is 11.4 Å². The lowest BCUT2D eigenvalue weighted by Crippen LogP contribution is -2.06. The molecule has 1 aromatic rings. The van der Waals surface area contributed by atoms with E-state index in [0.29, 0.717) is 11.4 Å². The van der Waals surface area contributed by atoms with Crippen molar-refractivity contribution in [1.29, 1.82) is 0 Å². The molecule has 0 unspecified atom stereocenters. The van der Waals surface area contributed by atoms with E-state index in [1.165, 1.54) is 12.1 Å². The molecule has 2 nitrogen and oxygen atoms in total. The van der Waals surface area contributed by atoms with Crippen LogP contribution in [-0.2, 0) is 0 Å². The van der Waals surface area contributed by atoms with Crippen LogP contribution in [0.5, 0.6) is 0 Å². The Hall–Kier alpha value is -2.42. The molecule has 0 bridgehead atoms. The first-order valence-electron chi connectivity index (χ1n) is 6.72. The summed E-state index contributed by atoms with van der Waals surface area (Å²) in [5, 5.41) is 0. The Morgan fingerprint density at radius 2 is 1.81 bits per heavy atom. The molecule has 21 heavy (non-hydrogen) atoms. The van der Waals surface area contributed by atoms with Gasteiger partial charge in [0.15, 0.2) is 0 Å². The molecule has 0 saturated heterocycles. The summed E-state index contributed by atoms with van der Waals surface area (Å²) in [6.45, 7) is 9.39. The summed E-state index contributed by atoms with van der Waals surface area (Å²) < 4.78 is 13.1. The van der Waals surface area contributed by atoms with E-state index in [2.05, 4.69) is 11.6 Å². The molecule has 1 rings (SSSR count). The normalized spacial score (nSPS) is 13.8. The summed E-state index contributed by atoms with van der Waals surface area (Å²) in [6.07, 6.45) is 7.76. The standard InChI is InChI=1S/C18H21FN2/c1-5-6-7-8-13(2)18(21-15(4)14(3)20)16-9-11-17(19)12-10-16/h5-12H,3,20H2,1-2,4H3/b6-5-,8-7-,18-13+,21-15?. The van der Waals surface area contributed by atoms with Crippen LogP contribution in [0.1, 0.15) is 26.3 Å². The number of allylic oxidation sites excluding steroid dienone is 6. The molecular formula is C18H21FN2. The third kappa shape index (κ3) is 5.22. The molecule has 0 amide bonds. The van der Waals surface area contributed by atoms with Crippen molar-refractivity contribution in [1.82, 2.24) is 0 Å². The lowest BCUT2D eigenvalue weighted by atomic mass is 10.1. The van der Waals surface area contributed by atoms with Gasteiger partial charge in [-0.1, -0.05) is 30.9 Å². The van der Waals surface area contributed by atoms with Crippen molar-refractivity contribution in [2.24, 2.45) is 10.7 Å². The van der Waals surface area contributed by atoms with Crippen LogP contribution in [0.25, 0.3) is 5.70 Å². The number of hydrogen-bond donors (Lipinski definition) is 1. The van der Waals surface area contributed by atoms with E-state index in [4.69, 9.17) is 5.73 Å². The Balaban J connectivity index is 3.35. The molecule has 0 atom stereocenters. The van der Waals surface area contributed by atoms with Gasteiger partial charge in [0.05, 0.1) is 11.4 Å². The molecule has 0 heterocycles. The number of benzene rings is 1. The van der Waals surface area contributed by atoms with Gasteiger partial charge in [-0.3, -0.25) is 4.99 Å². The molecule has 0 aliphatic rings. The second-order valence-electron chi connectivity index (χ2n) is 4.65. The van der Waals surface area contributed by atoms with E-state index in [9.17, 15) is 4.39 Å². The zero-order valence-electron chi connectivity index (χ0n) is 12.7. The van der Waals surface area contributed by atoms with Crippen molar-refractivity contribution < 1.29 is 4.39 Å². The van der Waals surface area contributed by atoms with E-state index in [1.54, 1.807) is 19.1 Å². The number of rotatable bonds is 5. The monoisotopic (exact) mass is 284 g/mol. The Morgan fingerprint density at radius 3 is 2.33 bits per heavy atom. The minimum atomic E-state index is -0.274. The van der Waals surface area contributed by atoms with Gasteiger partial charge >= 0.3 is 0 Å². The first kappa shape index (κ1) is 16.6. The van der Waals surface area contributed by atoms with E-state index >= 15 is 0 Å². The number of nitrogens with zero attached hydrogens (tertiary/aromatic N) is 1. The molecule has 0 aromatic heterocycles. The number of hydrogen-bond acceptors (Lipinski definition) is 2. The minimum absolute atomic E-state index is 0.274. The van der Waals surface area contributed by atoms with Crippen LogP contribution in [-0.4, -0.2) is 5.71 Å². The lowest BCUT2D eigenvalue weighted by Gasteiger charge is -2.08. The van der Waals surface area contributed by atoms with Crippen LogP contribution in [0.3, 0.4) is 0 Å². The largest absolute Gasteiger partial charge is 0.398 e. The van der Waals surface area contributed by atoms with Crippen molar-refractivity contribution in [3.8, 4) is 0 Å². The highest BCUT2D eigenvalue weighted by Crippen LogP contribution is 2.22. The van der Waals surface area contributed by atoms with Gasteiger partial charge in [-0.25, -0.2) is 4.39 Å². The molecule has 0 saturated carbocycles. The summed E-state index contributed by atoms with van der Waals surface area (Å²) in [7, 11) is 0. The molecule has 0 aliphatic heterocycles. The van der Waals surface area contributed by atoms with Crippen molar-refractivity contribution in [3.63, 3.8) is 0 Å². The molecule has 0 radical (unpaired) electrons. The summed E-state index contributed by atoms with van der Waals surface area (Å²) >= 11 is 0. The van der Waals surface area contributed by atoms with Gasteiger partial charge in [0.25, 0.3) is 0 Å². The highest BCUT2D eigenvalue weighted by Gasteiger charge is 2.05. The van der Waals surface area contributed by atoms with Crippen molar-refractivity contribution in [2.45, 2.75) is 20.8 Å². The SMILES string of the molecule is C=C(N)C(C)=N/C(=C(C)/C=C\C=C/C)c1ccc(F)cc1. The Bertz CT molecular complexity index is 617. The summed E-state index contributed by atoms with van der Waals surface area (Å²) in [5.74, 6) is -0.274. The van der Waals surface area contributed by atoms with E-state index in [-0.39, 0.29) is 5.82 Å². The van der Waals surface area contributed by atoms with E-state index in [1.807, 2.05) is 38.2 Å². The summed E-state index contributed by atoms with van der Waals surface area (Å²) in [5.41, 5.74) is 9.28. The van der Waals surface area contributed by atoms with Crippen molar-refractivity contribution in [2.75, 3.05) is 0 Å². The Morgan fingerprint density at radius 1 is 1.19 bits per heavy atom. The van der Waals surface area contributed by atoms with Crippen LogP contribution in [0.15, 0.2) is 71.4 Å². The maximum absolute atomic E-state index is 13.1. The minimum Gasteiger partial charge on any atom is -0.398 e. The third-order valence-electron chi connectivity index (χ3n) is 2.89. The van der Waals surface area contributed by atoms with Gasteiger partial charge in [-0.05, 0) is 50.6 Å². The molecule has 0 fully saturated rings. The highest BCUT2D eigenvalue weighted by molar-refractivity contribution is 6.00. The maximum Gasteiger partial charge on any atom is 0.123 e. The second-order valence-corrected chi connectivity index (χ2v) is 4.65. The summed E-state index contributed by atoms with van der Waals surface area (Å²) in [4.78, 5) is 4.53. The van der Waals surface area contributed by atoms with E-state index in [0.717, 1.165) is 16.8 Å². The van der Waals surface area contributed by atoms with Gasteiger partial charge in [0, 0.05) is 11.3 Å². The Kier molecular flexibility index (Phi) is 6.34. The van der Waals surface area contributed by atoms with Crippen LogP contribution in [0.2, 0.25) is 0 Å². The number of halogens is 1. The average molecular weight is 284 g/mol. The highest BCUT2D eigenvalue weighted by atomic mass is 19.1. The van der Waals surface area contributed by atoms with Gasteiger partial charge in [0.1, 0.15) is 5.82 Å². The lowest BCUT2D eigenvalue weighted by molar-refractivity contribution is 0.627. The van der Waals surface area contributed by atoms with Gasteiger partial charge in [0.2, 0.25) is 0 Å². The molecule has 3 heteroatoms. The fraction of sp³-hybridized carbons (Fsp3) is 0.167. The van der Waals surface area contributed by atoms with Crippen LogP contribution in [0.4, 0.5) is 4.39 Å². The van der Waals surface area contributed by atoms with E-state index < -0.39 is 0 Å². The second kappa shape index (κ2) is 8.00. The summed E-state index contributed by atoms with van der Waals surface area (Å²) in [6, 6.07) is 6.24. The fourth-order valence-electron chi connectivity index (χ4n) is 1.62. The fourth-order valence-corrected chi connectivity index (χ4v) is 1.62. The quantitative estimate of drug-likeness (QED) is 0.621. The topological polar surface area (TPSA) is 38.4 Å². The average Bonchev–Trinajstić information content (AvgIpc) is 2.45. The number of aliphatic imine (C=N–C) groups is 1. The predicted molar refractivity (Wildman–Crippen MR) is 89.4 cm³/mol. The van der Waals surface area contributed by atoms with Crippen molar-refractivity contribution in [3.05, 3.63) is 77.8 Å². The first-order valence-corrected chi connectivity index (χ1v) is 6.72. The first-order chi connectivity index (χ1) is 9.95. The maximum atomic E-state index is 13.1. The smallest absolute Gasteiger partial charge is 0.123 e. The number of nitrogens with two attached hydrogens (primary N) is 1. The van der Waals surface area contributed by atoms with Crippen LogP contribution >= 0.6 is 0 Å². The van der Waals surface area contributed by atoms with Gasteiger partial charge < -0.3 is 5.73 Å². The zero-order chi connectivity index (χ0) is 15.8. The third-order valence-corrected chi connectivity index (χ3v) is 2.89. The van der Waals surface area contributed by atoms with Crippen LogP contribution < -0.4 is 5.73 Å². The Labute approximate surface area is 125 Å². The molecule has 0 spiro atoms. The van der Waals surface area contributed by atoms with Gasteiger partial charge in [-0.15, -0.1) is 0 Å². The zero-order valence-corrected chi connectivity index (χ0v) is 12.7.